The molecule has 1 aliphatic rings. The average Bonchev–Trinajstić information content (AvgIpc) is 3.29. The summed E-state index contributed by atoms with van der Waals surface area (Å²) in [7, 11) is -10.8. The molecule has 9 atom stereocenters. The van der Waals surface area contributed by atoms with Crippen molar-refractivity contribution in [2.45, 2.75) is 198 Å². The Hall–Kier alpha value is -2.86. The molecule has 6 unspecified atom stereocenters. The molecule has 0 amide bonds. The van der Waals surface area contributed by atoms with Gasteiger partial charge >= 0.3 is 27.6 Å². The number of ether oxygens (including phenoxy) is 2. The lowest BCUT2D eigenvalue weighted by atomic mass is 9.85. The van der Waals surface area contributed by atoms with Crippen molar-refractivity contribution in [1.29, 1.82) is 0 Å². The van der Waals surface area contributed by atoms with E-state index in [0.717, 1.165) is 32.1 Å². The fraction of sp³-hybridized carbons (Fsp3) is 0.673. The van der Waals surface area contributed by atoms with Crippen LogP contribution in [0.5, 0.6) is 0 Å². The molecule has 390 valence electrons. The fourth-order valence-electron chi connectivity index (χ4n) is 6.70. The van der Waals surface area contributed by atoms with Crippen LogP contribution in [0.3, 0.4) is 0 Å². The SMILES string of the molecule is CCCCC/C=C\C/C=C\CC(O)/C=C\C=C\CCCC(=O)O[C@H](COC(=O)CCC/C=C\C/C=C\C/C=C\CCCCCCCC)COP(=O)(O)O[C@H]1C(O)C(O)C(O)[C@@H](OP(=O)(O)O)C1O. The first kappa shape index (κ1) is 63.2. The Morgan fingerprint density at radius 3 is 1.63 bits per heavy atom. The predicted molar refractivity (Wildman–Crippen MR) is 261 cm³/mol. The van der Waals surface area contributed by atoms with Crippen molar-refractivity contribution in [3.63, 3.8) is 0 Å². The highest BCUT2D eigenvalue weighted by Crippen LogP contribution is 2.49. The first-order valence-electron chi connectivity index (χ1n) is 24.2. The minimum Gasteiger partial charge on any atom is -0.462 e. The molecule has 1 rings (SSSR count). The van der Waals surface area contributed by atoms with Crippen LogP contribution in [0, 0.1) is 0 Å². The standard InChI is InChI=1S/C49H82O17P2/c1-3-5-7-9-11-13-14-15-16-17-18-19-20-22-24-28-32-36-42(51)62-38-41(39-63-68(60,61)66-49-46(55)44(53)45(54)48(47(49)56)65-67(57,58)59)64-43(52)37-33-29-25-27-31-35-40(50)34-30-26-23-21-12-10-8-6-4-2/h12,15-16,18-19,21-22,24-27,30-31,35,40-41,44-50,53-56H,3-11,13-14,17,20,23,28-29,32-34,36-39H2,1-2H3,(H,60,61)(H2,57,58,59)/b16-15-,19-18-,21-12-,24-22-,27-25+,30-26-,35-31-/t40?,41-,44?,45?,46?,47?,48-,49+/m1/s1. The Morgan fingerprint density at radius 1 is 0.544 bits per heavy atom. The molecule has 17 nitrogen and oxygen atoms in total. The van der Waals surface area contributed by atoms with E-state index >= 15 is 0 Å². The smallest absolute Gasteiger partial charge is 0.462 e. The summed E-state index contributed by atoms with van der Waals surface area (Å²) in [6, 6.07) is 0. The van der Waals surface area contributed by atoms with Gasteiger partial charge in [0.25, 0.3) is 0 Å². The molecule has 0 aromatic heterocycles. The van der Waals surface area contributed by atoms with E-state index < -0.39 is 89.6 Å². The third kappa shape index (κ3) is 32.9. The molecular weight excluding hydrogens is 922 g/mol. The van der Waals surface area contributed by atoms with Crippen LogP contribution < -0.4 is 0 Å². The molecule has 1 aliphatic carbocycles. The lowest BCUT2D eigenvalue weighted by Gasteiger charge is -2.43. The van der Waals surface area contributed by atoms with Gasteiger partial charge in [-0.05, 0) is 77.0 Å². The molecule has 0 spiro atoms. The van der Waals surface area contributed by atoms with Gasteiger partial charge in [-0.1, -0.05) is 144 Å². The van der Waals surface area contributed by atoms with Crippen LogP contribution in [-0.2, 0) is 41.8 Å². The summed E-state index contributed by atoms with van der Waals surface area (Å²) >= 11 is 0. The van der Waals surface area contributed by atoms with Crippen LogP contribution in [0.4, 0.5) is 0 Å². The van der Waals surface area contributed by atoms with Crippen LogP contribution >= 0.6 is 15.6 Å². The highest BCUT2D eigenvalue weighted by molar-refractivity contribution is 7.47. The number of aliphatic hydroxyl groups excluding tert-OH is 5. The fourth-order valence-corrected chi connectivity index (χ4v) is 8.24. The van der Waals surface area contributed by atoms with E-state index in [4.69, 9.17) is 18.5 Å². The zero-order chi connectivity index (χ0) is 50.5. The number of carbonyl (C=O) groups excluding carboxylic acids is 2. The van der Waals surface area contributed by atoms with Crippen molar-refractivity contribution < 1.29 is 82.0 Å². The van der Waals surface area contributed by atoms with Gasteiger partial charge in [-0.15, -0.1) is 0 Å². The summed E-state index contributed by atoms with van der Waals surface area (Å²) in [5.41, 5.74) is 0. The molecule has 0 saturated heterocycles. The largest absolute Gasteiger partial charge is 0.472 e. The number of allylic oxidation sites excluding steroid dienone is 12. The molecule has 1 fully saturated rings. The second kappa shape index (κ2) is 38.8. The van der Waals surface area contributed by atoms with Gasteiger partial charge in [0.2, 0.25) is 0 Å². The summed E-state index contributed by atoms with van der Waals surface area (Å²) in [5.74, 6) is -1.40. The average molecular weight is 1010 g/mol. The summed E-state index contributed by atoms with van der Waals surface area (Å²) in [5, 5.41) is 51.4. The molecule has 0 heterocycles. The summed E-state index contributed by atoms with van der Waals surface area (Å²) in [6.07, 6.45) is 30.0. The Labute approximate surface area is 404 Å². The van der Waals surface area contributed by atoms with Crippen molar-refractivity contribution in [3.05, 3.63) is 85.1 Å². The van der Waals surface area contributed by atoms with Crippen molar-refractivity contribution in [3.8, 4) is 0 Å². The highest BCUT2D eigenvalue weighted by atomic mass is 31.2. The van der Waals surface area contributed by atoms with E-state index in [2.05, 4.69) is 54.8 Å². The molecular formula is C49H82O17P2. The van der Waals surface area contributed by atoms with Crippen molar-refractivity contribution in [1.82, 2.24) is 0 Å². The van der Waals surface area contributed by atoms with E-state index in [0.29, 0.717) is 32.1 Å². The third-order valence-corrected chi connectivity index (χ3v) is 12.0. The third-order valence-electron chi connectivity index (χ3n) is 10.5. The Morgan fingerprint density at radius 2 is 1.03 bits per heavy atom. The Balaban J connectivity index is 2.71. The molecule has 19 heteroatoms. The van der Waals surface area contributed by atoms with Crippen molar-refractivity contribution in [2.75, 3.05) is 13.2 Å². The molecule has 8 N–H and O–H groups in total. The number of hydrogen-bond acceptors (Lipinski definition) is 14. The maximum atomic E-state index is 13.0. The van der Waals surface area contributed by atoms with Gasteiger partial charge < -0.3 is 49.7 Å². The molecule has 0 bridgehead atoms. The van der Waals surface area contributed by atoms with Crippen LogP contribution in [0.1, 0.15) is 149 Å². The predicted octanol–water partition coefficient (Wildman–Crippen LogP) is 8.36. The summed E-state index contributed by atoms with van der Waals surface area (Å²) < 4.78 is 49.2. The maximum absolute atomic E-state index is 13.0. The molecule has 0 aliphatic heterocycles. The van der Waals surface area contributed by atoms with Gasteiger partial charge in [-0.25, -0.2) is 9.13 Å². The number of rotatable bonds is 39. The lowest BCUT2D eigenvalue weighted by molar-refractivity contribution is -0.216. The highest BCUT2D eigenvalue weighted by Gasteiger charge is 2.54. The minimum absolute atomic E-state index is 0.0154. The van der Waals surface area contributed by atoms with E-state index in [1.54, 1.807) is 24.3 Å². The van der Waals surface area contributed by atoms with Gasteiger partial charge in [-0.3, -0.25) is 23.2 Å². The van der Waals surface area contributed by atoms with Gasteiger partial charge in [0.05, 0.1) is 12.7 Å². The van der Waals surface area contributed by atoms with Gasteiger partial charge in [0.15, 0.2) is 6.10 Å². The first-order chi connectivity index (χ1) is 32.5. The number of phosphoric ester groups is 2. The van der Waals surface area contributed by atoms with E-state index in [1.807, 2.05) is 24.3 Å². The van der Waals surface area contributed by atoms with E-state index in [-0.39, 0.29) is 12.8 Å². The Kier molecular flexibility index (Phi) is 36.1. The maximum Gasteiger partial charge on any atom is 0.472 e. The van der Waals surface area contributed by atoms with Gasteiger partial charge in [-0.2, -0.15) is 0 Å². The quantitative estimate of drug-likeness (QED) is 0.00944. The second-order valence-corrected chi connectivity index (χ2v) is 19.3. The molecule has 0 aromatic rings. The number of phosphoric acid groups is 2. The minimum atomic E-state index is -5.39. The lowest BCUT2D eigenvalue weighted by Crippen LogP contribution is -2.64. The van der Waals surface area contributed by atoms with E-state index in [9.17, 15) is 58.9 Å². The normalized spacial score (nSPS) is 22.4. The Bertz CT molecular complexity index is 1650. The van der Waals surface area contributed by atoms with E-state index in [1.165, 1.54) is 57.8 Å². The molecule has 0 aromatic carbocycles. The number of esters is 2. The van der Waals surface area contributed by atoms with Gasteiger partial charge in [0.1, 0.15) is 43.2 Å². The molecule has 68 heavy (non-hydrogen) atoms. The van der Waals surface area contributed by atoms with Crippen LogP contribution in [-0.4, -0.2) is 114 Å². The van der Waals surface area contributed by atoms with Crippen LogP contribution in [0.2, 0.25) is 0 Å². The molecule has 1 saturated carbocycles. The number of hydrogen-bond donors (Lipinski definition) is 8. The zero-order valence-electron chi connectivity index (χ0n) is 40.1. The van der Waals surface area contributed by atoms with Crippen molar-refractivity contribution in [2.24, 2.45) is 0 Å². The topological polar surface area (TPSA) is 276 Å². The van der Waals surface area contributed by atoms with Crippen LogP contribution in [0.15, 0.2) is 85.1 Å². The zero-order valence-corrected chi connectivity index (χ0v) is 41.9. The monoisotopic (exact) mass is 1000 g/mol. The number of unbranched alkanes of at least 4 members (excludes halogenated alkanes) is 11. The first-order valence-corrected chi connectivity index (χ1v) is 27.3. The summed E-state index contributed by atoms with van der Waals surface area (Å²) in [6.45, 7) is 2.90. The van der Waals surface area contributed by atoms with Crippen molar-refractivity contribution >= 4 is 27.6 Å². The summed E-state index contributed by atoms with van der Waals surface area (Å²) in [4.78, 5) is 54.3. The van der Waals surface area contributed by atoms with Crippen LogP contribution in [0.25, 0.3) is 0 Å². The molecule has 0 radical (unpaired) electrons. The number of aliphatic hydroxyl groups is 5. The van der Waals surface area contributed by atoms with Gasteiger partial charge in [0, 0.05) is 12.8 Å². The second-order valence-electron chi connectivity index (χ2n) is 16.7. The number of carbonyl (C=O) groups is 2.